The molecule has 19 heavy (non-hydrogen) atoms. The molecule has 1 N–H and O–H groups in total. The van der Waals surface area contributed by atoms with Crippen molar-refractivity contribution in [1.29, 1.82) is 0 Å². The number of rotatable bonds is 6. The Labute approximate surface area is 115 Å². The molecule has 0 atom stereocenters. The Balaban J connectivity index is 2.81. The van der Waals surface area contributed by atoms with Crippen LogP contribution in [0.5, 0.6) is 5.75 Å². The number of hydrogen-bond acceptors (Lipinski definition) is 3. The summed E-state index contributed by atoms with van der Waals surface area (Å²) in [7, 11) is 3.47. The fourth-order valence-electron chi connectivity index (χ4n) is 1.87. The zero-order valence-electron chi connectivity index (χ0n) is 12.5. The first-order valence-corrected chi connectivity index (χ1v) is 6.58. The van der Waals surface area contributed by atoms with E-state index in [1.807, 2.05) is 20.0 Å². The Morgan fingerprint density at radius 2 is 1.95 bits per heavy atom. The number of aryl methyl sites for hydroxylation is 2. The molecule has 1 rings (SSSR count). The summed E-state index contributed by atoms with van der Waals surface area (Å²) in [5.74, 6) is 0.924. The van der Waals surface area contributed by atoms with E-state index in [0.29, 0.717) is 13.1 Å². The highest BCUT2D eigenvalue weighted by atomic mass is 16.5. The number of carbonyl (C=O) groups is 1. The molecule has 0 saturated heterocycles. The highest BCUT2D eigenvalue weighted by molar-refractivity contribution is 5.78. The van der Waals surface area contributed by atoms with E-state index >= 15 is 0 Å². The van der Waals surface area contributed by atoms with Crippen LogP contribution in [-0.4, -0.2) is 38.1 Å². The van der Waals surface area contributed by atoms with Crippen LogP contribution in [0.4, 0.5) is 0 Å². The number of nitrogens with zero attached hydrogens (tertiary/aromatic N) is 1. The normalized spacial score (nSPS) is 10.4. The van der Waals surface area contributed by atoms with E-state index in [0.717, 1.165) is 17.9 Å². The molecule has 0 aromatic heterocycles. The SMILES string of the molecule is CCNCC(=O)N(C)Cc1cc(C)c(C)cc1OC. The average molecular weight is 264 g/mol. The summed E-state index contributed by atoms with van der Waals surface area (Å²) < 4.78 is 5.39. The van der Waals surface area contributed by atoms with Gasteiger partial charge in [-0.15, -0.1) is 0 Å². The summed E-state index contributed by atoms with van der Waals surface area (Å²) in [4.78, 5) is 13.6. The van der Waals surface area contributed by atoms with E-state index < -0.39 is 0 Å². The summed E-state index contributed by atoms with van der Waals surface area (Å²) in [5, 5.41) is 3.04. The topological polar surface area (TPSA) is 41.6 Å². The highest BCUT2D eigenvalue weighted by Gasteiger charge is 2.12. The number of carbonyl (C=O) groups excluding carboxylic acids is 1. The maximum atomic E-state index is 11.9. The van der Waals surface area contributed by atoms with Crippen molar-refractivity contribution in [2.45, 2.75) is 27.3 Å². The van der Waals surface area contributed by atoms with Gasteiger partial charge in [0.2, 0.25) is 5.91 Å². The fraction of sp³-hybridized carbons (Fsp3) is 0.533. The van der Waals surface area contributed by atoms with Gasteiger partial charge >= 0.3 is 0 Å². The zero-order valence-corrected chi connectivity index (χ0v) is 12.5. The number of likely N-dealkylation sites (N-methyl/N-ethyl adjacent to an activating group) is 2. The molecule has 4 nitrogen and oxygen atoms in total. The number of methoxy groups -OCH3 is 1. The Morgan fingerprint density at radius 1 is 1.32 bits per heavy atom. The molecule has 0 aliphatic rings. The number of amides is 1. The molecule has 0 spiro atoms. The predicted molar refractivity (Wildman–Crippen MR) is 77.5 cm³/mol. The second kappa shape index (κ2) is 7.14. The summed E-state index contributed by atoms with van der Waals surface area (Å²) in [5.41, 5.74) is 3.45. The van der Waals surface area contributed by atoms with E-state index in [-0.39, 0.29) is 5.91 Å². The standard InChI is InChI=1S/C15H24N2O2/c1-6-16-9-15(18)17(4)10-13-7-11(2)12(3)8-14(13)19-5/h7-8,16H,6,9-10H2,1-5H3. The quantitative estimate of drug-likeness (QED) is 0.853. The molecular formula is C15H24N2O2. The molecule has 1 aromatic carbocycles. The van der Waals surface area contributed by atoms with Gasteiger partial charge in [0.1, 0.15) is 5.75 Å². The molecule has 0 radical (unpaired) electrons. The van der Waals surface area contributed by atoms with Crippen LogP contribution >= 0.6 is 0 Å². The maximum absolute atomic E-state index is 11.9. The molecule has 106 valence electrons. The Morgan fingerprint density at radius 3 is 2.53 bits per heavy atom. The molecule has 0 saturated carbocycles. The van der Waals surface area contributed by atoms with Crippen LogP contribution in [0.25, 0.3) is 0 Å². The van der Waals surface area contributed by atoms with Crippen LogP contribution in [0.1, 0.15) is 23.6 Å². The van der Waals surface area contributed by atoms with Gasteiger partial charge in [-0.3, -0.25) is 4.79 Å². The lowest BCUT2D eigenvalue weighted by Crippen LogP contribution is -2.35. The highest BCUT2D eigenvalue weighted by Crippen LogP contribution is 2.24. The maximum Gasteiger partial charge on any atom is 0.236 e. The van der Waals surface area contributed by atoms with Crippen LogP contribution < -0.4 is 10.1 Å². The molecule has 1 aromatic rings. The molecule has 0 heterocycles. The van der Waals surface area contributed by atoms with E-state index in [2.05, 4.69) is 25.2 Å². The number of nitrogens with one attached hydrogen (secondary N) is 1. The number of hydrogen-bond donors (Lipinski definition) is 1. The van der Waals surface area contributed by atoms with Crippen molar-refractivity contribution in [3.63, 3.8) is 0 Å². The van der Waals surface area contributed by atoms with Gasteiger partial charge in [0.05, 0.1) is 13.7 Å². The Bertz CT molecular complexity index is 444. The first-order chi connectivity index (χ1) is 8.99. The molecule has 0 aliphatic heterocycles. The summed E-state index contributed by atoms with van der Waals surface area (Å²) in [6, 6.07) is 4.11. The third-order valence-electron chi connectivity index (χ3n) is 3.26. The third kappa shape index (κ3) is 4.24. The minimum absolute atomic E-state index is 0.0853. The second-order valence-corrected chi connectivity index (χ2v) is 4.78. The van der Waals surface area contributed by atoms with Crippen molar-refractivity contribution < 1.29 is 9.53 Å². The summed E-state index contributed by atoms with van der Waals surface area (Å²) >= 11 is 0. The minimum atomic E-state index is 0.0853. The van der Waals surface area contributed by atoms with Gasteiger partial charge in [0.25, 0.3) is 0 Å². The van der Waals surface area contributed by atoms with Crippen molar-refractivity contribution in [2.24, 2.45) is 0 Å². The zero-order chi connectivity index (χ0) is 14.4. The van der Waals surface area contributed by atoms with Crippen molar-refractivity contribution in [3.05, 3.63) is 28.8 Å². The van der Waals surface area contributed by atoms with Gasteiger partial charge < -0.3 is 15.0 Å². The Hall–Kier alpha value is -1.55. The van der Waals surface area contributed by atoms with Gasteiger partial charge in [-0.05, 0) is 37.6 Å². The lowest BCUT2D eigenvalue weighted by molar-refractivity contribution is -0.129. The van der Waals surface area contributed by atoms with Gasteiger partial charge in [0, 0.05) is 19.2 Å². The molecule has 0 aliphatic carbocycles. The number of ether oxygens (including phenoxy) is 1. The lowest BCUT2D eigenvalue weighted by atomic mass is 10.0. The van der Waals surface area contributed by atoms with Crippen molar-refractivity contribution >= 4 is 5.91 Å². The van der Waals surface area contributed by atoms with Crippen LogP contribution in [0.15, 0.2) is 12.1 Å². The second-order valence-electron chi connectivity index (χ2n) is 4.78. The molecular weight excluding hydrogens is 240 g/mol. The largest absolute Gasteiger partial charge is 0.496 e. The van der Waals surface area contributed by atoms with E-state index in [4.69, 9.17) is 4.74 Å². The molecule has 0 unspecified atom stereocenters. The van der Waals surface area contributed by atoms with Crippen molar-refractivity contribution in [2.75, 3.05) is 27.2 Å². The van der Waals surface area contributed by atoms with Crippen LogP contribution in [0.3, 0.4) is 0 Å². The van der Waals surface area contributed by atoms with Gasteiger partial charge in [-0.1, -0.05) is 13.0 Å². The lowest BCUT2D eigenvalue weighted by Gasteiger charge is -2.20. The van der Waals surface area contributed by atoms with Crippen molar-refractivity contribution in [3.8, 4) is 5.75 Å². The van der Waals surface area contributed by atoms with E-state index in [1.165, 1.54) is 11.1 Å². The van der Waals surface area contributed by atoms with Gasteiger partial charge in [-0.2, -0.15) is 0 Å². The first-order valence-electron chi connectivity index (χ1n) is 6.58. The van der Waals surface area contributed by atoms with E-state index in [9.17, 15) is 4.79 Å². The van der Waals surface area contributed by atoms with Gasteiger partial charge in [-0.25, -0.2) is 0 Å². The minimum Gasteiger partial charge on any atom is -0.496 e. The monoisotopic (exact) mass is 264 g/mol. The predicted octanol–water partition coefficient (Wildman–Crippen LogP) is 1.88. The van der Waals surface area contributed by atoms with Crippen LogP contribution in [-0.2, 0) is 11.3 Å². The molecule has 0 fully saturated rings. The van der Waals surface area contributed by atoms with Crippen molar-refractivity contribution in [1.82, 2.24) is 10.2 Å². The van der Waals surface area contributed by atoms with E-state index in [1.54, 1.807) is 12.0 Å². The Kier molecular flexibility index (Phi) is 5.83. The summed E-state index contributed by atoms with van der Waals surface area (Å²) in [6.45, 7) is 7.85. The fourth-order valence-corrected chi connectivity index (χ4v) is 1.87. The number of benzene rings is 1. The molecule has 4 heteroatoms. The smallest absolute Gasteiger partial charge is 0.236 e. The van der Waals surface area contributed by atoms with Crippen LogP contribution in [0, 0.1) is 13.8 Å². The van der Waals surface area contributed by atoms with Gasteiger partial charge in [0.15, 0.2) is 0 Å². The summed E-state index contributed by atoms with van der Waals surface area (Å²) in [6.07, 6.45) is 0. The molecule has 1 amide bonds. The first kappa shape index (κ1) is 15.5. The van der Waals surface area contributed by atoms with Crippen LogP contribution in [0.2, 0.25) is 0 Å². The molecule has 0 bridgehead atoms. The third-order valence-corrected chi connectivity index (χ3v) is 3.26. The average Bonchev–Trinajstić information content (AvgIpc) is 2.39.